The van der Waals surface area contributed by atoms with Gasteiger partial charge in [-0.15, -0.1) is 0 Å². The molecule has 3 aromatic rings. The Hall–Kier alpha value is -2.42. The van der Waals surface area contributed by atoms with E-state index in [1.165, 1.54) is 24.0 Å². The van der Waals surface area contributed by atoms with E-state index in [2.05, 4.69) is 12.1 Å². The molecule has 3 heteroatoms. The Morgan fingerprint density at radius 1 is 0.905 bits per heavy atom. The van der Waals surface area contributed by atoms with Crippen molar-refractivity contribution in [2.24, 2.45) is 0 Å². The molecule has 0 radical (unpaired) electrons. The lowest BCUT2D eigenvalue weighted by molar-refractivity contribution is -0.381. The lowest BCUT2D eigenvalue weighted by Gasteiger charge is -2.18. The molecule has 0 amide bonds. The second-order valence-electron chi connectivity index (χ2n) is 5.71. The molecule has 0 aromatic heterocycles. The highest BCUT2D eigenvalue weighted by Crippen LogP contribution is 2.38. The van der Waals surface area contributed by atoms with Crippen molar-refractivity contribution in [3.05, 3.63) is 63.7 Å². The van der Waals surface area contributed by atoms with E-state index >= 15 is 0 Å². The molecule has 0 fully saturated rings. The Morgan fingerprint density at radius 2 is 1.71 bits per heavy atom. The first-order valence-electron chi connectivity index (χ1n) is 7.36. The zero-order chi connectivity index (χ0) is 14.4. The summed E-state index contributed by atoms with van der Waals surface area (Å²) in [5.74, 6) is 0. The highest BCUT2D eigenvalue weighted by Gasteiger charge is 2.21. The summed E-state index contributed by atoms with van der Waals surface area (Å²) >= 11 is 0. The van der Waals surface area contributed by atoms with Gasteiger partial charge in [-0.25, -0.2) is 0 Å². The summed E-state index contributed by atoms with van der Waals surface area (Å²) in [7, 11) is 0. The van der Waals surface area contributed by atoms with Crippen molar-refractivity contribution in [2.75, 3.05) is 0 Å². The maximum Gasteiger partial charge on any atom is 0.284 e. The van der Waals surface area contributed by atoms with E-state index < -0.39 is 0 Å². The average molecular weight is 277 g/mol. The van der Waals surface area contributed by atoms with E-state index in [0.29, 0.717) is 0 Å². The Balaban J connectivity index is 2.20. The minimum absolute atomic E-state index is 0.236. The predicted octanol–water partition coefficient (Wildman–Crippen LogP) is 4.78. The Kier molecular flexibility index (Phi) is 2.67. The zero-order valence-electron chi connectivity index (χ0n) is 11.6. The number of non-ortho nitro benzene ring substituents is 1. The van der Waals surface area contributed by atoms with Gasteiger partial charge in [0, 0.05) is 0 Å². The van der Waals surface area contributed by atoms with Crippen molar-refractivity contribution < 1.29 is 4.92 Å². The first-order chi connectivity index (χ1) is 10.3. The molecule has 0 saturated carbocycles. The van der Waals surface area contributed by atoms with Gasteiger partial charge in [0.05, 0.1) is 15.7 Å². The molecular weight excluding hydrogens is 262 g/mol. The molecule has 4 rings (SSSR count). The normalized spacial score (nSPS) is 14.3. The number of hydrogen-bond acceptors (Lipinski definition) is 2. The van der Waals surface area contributed by atoms with Crippen LogP contribution in [-0.2, 0) is 12.8 Å². The minimum Gasteiger partial charge on any atom is -0.258 e. The van der Waals surface area contributed by atoms with Crippen molar-refractivity contribution in [1.82, 2.24) is 0 Å². The summed E-state index contributed by atoms with van der Waals surface area (Å²) < 4.78 is 0. The summed E-state index contributed by atoms with van der Waals surface area (Å²) in [5, 5.41) is 15.1. The van der Waals surface area contributed by atoms with Crippen LogP contribution < -0.4 is 0 Å². The molecule has 21 heavy (non-hydrogen) atoms. The van der Waals surface area contributed by atoms with Gasteiger partial charge in [-0.3, -0.25) is 10.1 Å². The van der Waals surface area contributed by atoms with Crippen LogP contribution in [0.3, 0.4) is 0 Å². The number of nitro groups is 1. The third kappa shape index (κ3) is 1.81. The Labute approximate surface area is 122 Å². The molecular formula is C18H15NO2. The number of benzene rings is 3. The van der Waals surface area contributed by atoms with Crippen LogP contribution in [0.5, 0.6) is 0 Å². The smallest absolute Gasteiger partial charge is 0.258 e. The topological polar surface area (TPSA) is 43.1 Å². The van der Waals surface area contributed by atoms with Crippen molar-refractivity contribution in [3.63, 3.8) is 0 Å². The van der Waals surface area contributed by atoms with Crippen molar-refractivity contribution in [2.45, 2.75) is 25.7 Å². The maximum absolute atomic E-state index is 11.6. The van der Waals surface area contributed by atoms with E-state index in [-0.39, 0.29) is 10.6 Å². The number of rotatable bonds is 1. The van der Waals surface area contributed by atoms with Crippen LogP contribution in [0.1, 0.15) is 24.0 Å². The van der Waals surface area contributed by atoms with Crippen molar-refractivity contribution in [3.8, 4) is 0 Å². The van der Waals surface area contributed by atoms with Crippen LogP contribution in [-0.4, -0.2) is 4.92 Å². The Morgan fingerprint density at radius 3 is 2.57 bits per heavy atom. The fourth-order valence-electron chi connectivity index (χ4n) is 3.56. The fourth-order valence-corrected chi connectivity index (χ4v) is 3.56. The van der Waals surface area contributed by atoms with Crippen LogP contribution in [0, 0.1) is 10.1 Å². The monoisotopic (exact) mass is 277 g/mol. The summed E-state index contributed by atoms with van der Waals surface area (Å²) in [6.45, 7) is 0. The van der Waals surface area contributed by atoms with Gasteiger partial charge in [0.25, 0.3) is 5.69 Å². The second kappa shape index (κ2) is 4.55. The van der Waals surface area contributed by atoms with Crippen LogP contribution >= 0.6 is 0 Å². The van der Waals surface area contributed by atoms with Gasteiger partial charge < -0.3 is 0 Å². The highest BCUT2D eigenvalue weighted by molar-refractivity contribution is 6.09. The molecule has 0 unspecified atom stereocenters. The van der Waals surface area contributed by atoms with Gasteiger partial charge >= 0.3 is 0 Å². The lowest BCUT2D eigenvalue weighted by Crippen LogP contribution is -2.04. The van der Waals surface area contributed by atoms with E-state index in [0.717, 1.165) is 34.4 Å². The average Bonchev–Trinajstić information content (AvgIpc) is 2.52. The van der Waals surface area contributed by atoms with Crippen LogP contribution in [0.4, 0.5) is 5.69 Å². The first-order valence-corrected chi connectivity index (χ1v) is 7.36. The first kappa shape index (κ1) is 12.3. The summed E-state index contributed by atoms with van der Waals surface area (Å²) in [4.78, 5) is 11.4. The molecule has 0 saturated heterocycles. The number of nitro benzene ring substituents is 1. The second-order valence-corrected chi connectivity index (χ2v) is 5.71. The van der Waals surface area contributed by atoms with E-state index in [9.17, 15) is 10.1 Å². The largest absolute Gasteiger partial charge is 0.284 e. The molecule has 0 atom stereocenters. The van der Waals surface area contributed by atoms with E-state index in [1.807, 2.05) is 30.3 Å². The van der Waals surface area contributed by atoms with Crippen LogP contribution in [0.2, 0.25) is 0 Å². The summed E-state index contributed by atoms with van der Waals surface area (Å²) in [6.07, 6.45) is 4.51. The molecule has 1 aliphatic rings. The number of nitrogens with zero attached hydrogens (tertiary/aromatic N) is 1. The minimum atomic E-state index is -0.236. The van der Waals surface area contributed by atoms with Gasteiger partial charge in [0.2, 0.25) is 0 Å². The molecule has 3 nitrogen and oxygen atoms in total. The van der Waals surface area contributed by atoms with Crippen LogP contribution in [0.25, 0.3) is 21.5 Å². The van der Waals surface area contributed by atoms with Crippen LogP contribution in [0.15, 0.2) is 42.5 Å². The van der Waals surface area contributed by atoms with Crippen molar-refractivity contribution in [1.29, 1.82) is 0 Å². The highest BCUT2D eigenvalue weighted by atomic mass is 16.6. The summed E-state index contributed by atoms with van der Waals surface area (Å²) in [6, 6.07) is 13.7. The molecule has 1 aliphatic carbocycles. The molecule has 0 aliphatic heterocycles. The van der Waals surface area contributed by atoms with Gasteiger partial charge in [0.15, 0.2) is 0 Å². The number of hydrogen-bond donors (Lipinski definition) is 0. The number of aryl methyl sites for hydroxylation is 2. The molecule has 3 aromatic carbocycles. The molecule has 0 bridgehead atoms. The number of fused-ring (bicyclic) bond motifs is 4. The summed E-state index contributed by atoms with van der Waals surface area (Å²) in [5.41, 5.74) is 2.92. The molecule has 0 spiro atoms. The maximum atomic E-state index is 11.6. The van der Waals surface area contributed by atoms with Gasteiger partial charge in [0.1, 0.15) is 0 Å². The van der Waals surface area contributed by atoms with E-state index in [4.69, 9.17) is 0 Å². The third-order valence-electron chi connectivity index (χ3n) is 4.53. The quantitative estimate of drug-likeness (QED) is 0.365. The van der Waals surface area contributed by atoms with Crippen molar-refractivity contribution >= 4 is 27.2 Å². The van der Waals surface area contributed by atoms with Gasteiger partial charge in [-0.1, -0.05) is 24.3 Å². The van der Waals surface area contributed by atoms with Gasteiger partial charge in [-0.2, -0.15) is 0 Å². The standard InChI is InChI=1S/C18H15NO2/c20-19(21)18-15-8-4-2-6-13(15)11-17-14-7-3-1-5-12(14)9-10-16(17)18/h2,4,6,8-11H,1,3,5,7H2. The molecule has 0 heterocycles. The fraction of sp³-hybridized carbons (Fsp3) is 0.222. The SMILES string of the molecule is O=[N+]([O-])c1c2ccccc2cc2c3c(ccc12)CCCC3. The third-order valence-corrected chi connectivity index (χ3v) is 4.53. The Bertz CT molecular complexity index is 883. The predicted molar refractivity (Wildman–Crippen MR) is 84.8 cm³/mol. The van der Waals surface area contributed by atoms with E-state index in [1.54, 1.807) is 0 Å². The molecule has 104 valence electrons. The van der Waals surface area contributed by atoms with Gasteiger partial charge in [-0.05, 0) is 65.8 Å². The molecule has 0 N–H and O–H groups in total. The lowest BCUT2D eigenvalue weighted by atomic mass is 9.86. The zero-order valence-corrected chi connectivity index (χ0v) is 11.6.